The van der Waals surface area contributed by atoms with Gasteiger partial charge in [0.05, 0.1) is 53.0 Å². The summed E-state index contributed by atoms with van der Waals surface area (Å²) in [5, 5.41) is 29.0. The van der Waals surface area contributed by atoms with Crippen LogP contribution in [0.5, 0.6) is 0 Å². The Kier molecular flexibility index (Phi) is 3.73. The molecule has 3 saturated heterocycles. The molecule has 5 atom stereocenters. The van der Waals surface area contributed by atoms with E-state index in [-0.39, 0.29) is 12.1 Å². The molecule has 3 fully saturated rings. The van der Waals surface area contributed by atoms with Gasteiger partial charge < -0.3 is 14.9 Å². The summed E-state index contributed by atoms with van der Waals surface area (Å²) in [5.41, 5.74) is -5.09. The van der Waals surface area contributed by atoms with Crippen molar-refractivity contribution in [2.75, 3.05) is 11.5 Å². The summed E-state index contributed by atoms with van der Waals surface area (Å²) in [6.45, 7) is 0.825. The molecular weight excluding hydrogens is 381 g/mol. The number of rotatable bonds is 2. The summed E-state index contributed by atoms with van der Waals surface area (Å²) in [6, 6.07) is 4.02. The summed E-state index contributed by atoms with van der Waals surface area (Å²) in [5.74, 6) is -3.83. The molecule has 1 aromatic rings. The van der Waals surface area contributed by atoms with Gasteiger partial charge in [0.15, 0.2) is 0 Å². The quantitative estimate of drug-likeness (QED) is 0.721. The number of nitriles is 1. The molecule has 0 saturated carbocycles. The molecule has 1 aromatic carbocycles. The molecule has 0 radical (unpaired) electrons. The fraction of sp³-hybridized carbons (Fsp3) is 0.500. The molecule has 3 aliphatic rings. The van der Waals surface area contributed by atoms with Crippen LogP contribution < -0.4 is 4.90 Å². The highest BCUT2D eigenvalue weighted by Gasteiger charge is 2.77. The zero-order chi connectivity index (χ0) is 20.6. The average molecular weight is 396 g/mol. The maximum atomic E-state index is 13.3. The van der Waals surface area contributed by atoms with E-state index in [2.05, 4.69) is 0 Å². The van der Waals surface area contributed by atoms with Crippen LogP contribution in [-0.2, 0) is 20.5 Å². The average Bonchev–Trinajstić information content (AvgIpc) is 3.16. The van der Waals surface area contributed by atoms with Crippen LogP contribution in [0, 0.1) is 23.2 Å². The van der Waals surface area contributed by atoms with Crippen LogP contribution >= 0.6 is 0 Å². The zero-order valence-electron chi connectivity index (χ0n) is 14.5. The number of anilines is 1. The Hall–Kier alpha value is -2.48. The molecule has 0 aliphatic carbocycles. The van der Waals surface area contributed by atoms with Crippen LogP contribution in [0.2, 0.25) is 0 Å². The topological polar surface area (TPSA) is 111 Å². The number of hydrogen-bond acceptors (Lipinski definition) is 6. The smallest absolute Gasteiger partial charge is 0.393 e. The molecule has 28 heavy (non-hydrogen) atoms. The van der Waals surface area contributed by atoms with Gasteiger partial charge in [0.1, 0.15) is 5.60 Å². The molecule has 2 bridgehead atoms. The monoisotopic (exact) mass is 396 g/mol. The Balaban J connectivity index is 1.82. The lowest BCUT2D eigenvalue weighted by molar-refractivity contribution is -0.142. The number of nitrogens with zero attached hydrogens (tertiary/aromatic N) is 2. The third-order valence-electron chi connectivity index (χ3n) is 6.01. The second-order valence-corrected chi connectivity index (χ2v) is 7.55. The van der Waals surface area contributed by atoms with Crippen molar-refractivity contribution in [3.63, 3.8) is 0 Å². The molecule has 0 spiro atoms. The first-order chi connectivity index (χ1) is 13.0. The lowest BCUT2D eigenvalue weighted by Gasteiger charge is -2.33. The van der Waals surface area contributed by atoms with Gasteiger partial charge in [-0.05, 0) is 25.1 Å². The number of aliphatic hydroxyl groups is 2. The summed E-state index contributed by atoms with van der Waals surface area (Å²) in [7, 11) is 0. The molecule has 2 amide bonds. The molecule has 10 heteroatoms. The lowest BCUT2D eigenvalue weighted by atomic mass is 9.67. The summed E-state index contributed by atoms with van der Waals surface area (Å²) < 4.78 is 45.5. The van der Waals surface area contributed by atoms with Gasteiger partial charge in [-0.15, -0.1) is 0 Å². The number of hydrogen-bond donors (Lipinski definition) is 2. The number of imide groups is 1. The first kappa shape index (κ1) is 18.9. The molecule has 2 unspecified atom stereocenters. The van der Waals surface area contributed by atoms with E-state index in [4.69, 9.17) is 10.00 Å². The number of aliphatic hydroxyl groups excluding tert-OH is 2. The van der Waals surface area contributed by atoms with Gasteiger partial charge in [-0.3, -0.25) is 9.59 Å². The summed E-state index contributed by atoms with van der Waals surface area (Å²) >= 11 is 0. The van der Waals surface area contributed by atoms with Crippen LogP contribution in [0.1, 0.15) is 24.5 Å². The van der Waals surface area contributed by atoms with Crippen molar-refractivity contribution in [2.45, 2.75) is 36.8 Å². The molecule has 0 aromatic heterocycles. The molecule has 3 heterocycles. The van der Waals surface area contributed by atoms with E-state index in [9.17, 15) is 33.0 Å². The maximum absolute atomic E-state index is 13.3. The van der Waals surface area contributed by atoms with E-state index in [1.807, 2.05) is 0 Å². The first-order valence-electron chi connectivity index (χ1n) is 8.48. The van der Waals surface area contributed by atoms with Crippen LogP contribution in [0.25, 0.3) is 0 Å². The molecule has 7 nitrogen and oxygen atoms in total. The number of carbonyl (C=O) groups is 2. The van der Waals surface area contributed by atoms with E-state index >= 15 is 0 Å². The van der Waals surface area contributed by atoms with Crippen LogP contribution in [0.4, 0.5) is 18.9 Å². The lowest BCUT2D eigenvalue weighted by Crippen LogP contribution is -2.53. The number of halogens is 3. The van der Waals surface area contributed by atoms with Gasteiger partial charge in [-0.25, -0.2) is 4.90 Å². The Morgan fingerprint density at radius 3 is 2.54 bits per heavy atom. The van der Waals surface area contributed by atoms with Crippen molar-refractivity contribution >= 4 is 17.5 Å². The number of carbonyl (C=O) groups excluding carboxylic acids is 2. The van der Waals surface area contributed by atoms with E-state index < -0.39 is 64.9 Å². The first-order valence-corrected chi connectivity index (χ1v) is 8.48. The summed E-state index contributed by atoms with van der Waals surface area (Å²) in [4.78, 5) is 26.6. The van der Waals surface area contributed by atoms with Crippen LogP contribution in [-0.4, -0.2) is 45.9 Å². The van der Waals surface area contributed by atoms with Gasteiger partial charge in [0.25, 0.3) is 0 Å². The normalized spacial score (nSPS) is 36.8. The van der Waals surface area contributed by atoms with Gasteiger partial charge in [0, 0.05) is 6.42 Å². The molecule has 3 aliphatic heterocycles. The fourth-order valence-electron chi connectivity index (χ4n) is 4.83. The SMILES string of the molecule is C[C@]12C[C@H](O)C(CO)(O1)C1C(=O)N(c3ccc(C#N)c(C(F)(F)F)c3)C(=O)[C@@H]12. The minimum atomic E-state index is -4.85. The van der Waals surface area contributed by atoms with Gasteiger partial charge in [0.2, 0.25) is 11.8 Å². The van der Waals surface area contributed by atoms with Crippen molar-refractivity contribution in [3.05, 3.63) is 29.3 Å². The predicted molar refractivity (Wildman–Crippen MR) is 85.6 cm³/mol. The minimum absolute atomic E-state index is 0.0166. The maximum Gasteiger partial charge on any atom is 0.417 e. The second kappa shape index (κ2) is 5.53. The Labute approximate surface area is 156 Å². The summed E-state index contributed by atoms with van der Waals surface area (Å²) in [6.07, 6.45) is -6.02. The number of alkyl halides is 3. The van der Waals surface area contributed by atoms with Gasteiger partial charge in [-0.1, -0.05) is 0 Å². The molecule has 148 valence electrons. The minimum Gasteiger partial charge on any atom is -0.393 e. The van der Waals surface area contributed by atoms with Crippen molar-refractivity contribution in [3.8, 4) is 6.07 Å². The van der Waals surface area contributed by atoms with E-state index in [1.54, 1.807) is 0 Å². The number of fused-ring (bicyclic) bond motifs is 5. The van der Waals surface area contributed by atoms with Crippen molar-refractivity contribution in [1.29, 1.82) is 5.26 Å². The van der Waals surface area contributed by atoms with E-state index in [0.29, 0.717) is 11.0 Å². The third-order valence-corrected chi connectivity index (χ3v) is 6.01. The predicted octanol–water partition coefficient (Wildman–Crippen LogP) is 0.967. The number of amides is 2. The number of benzene rings is 1. The molecule has 4 rings (SSSR count). The molecular formula is C18H15F3N2O5. The Bertz CT molecular complexity index is 942. The second-order valence-electron chi connectivity index (χ2n) is 7.55. The largest absolute Gasteiger partial charge is 0.417 e. The highest BCUT2D eigenvalue weighted by molar-refractivity contribution is 6.23. The fourth-order valence-corrected chi connectivity index (χ4v) is 4.83. The van der Waals surface area contributed by atoms with Crippen molar-refractivity contribution in [1.82, 2.24) is 0 Å². The Morgan fingerprint density at radius 1 is 1.32 bits per heavy atom. The van der Waals surface area contributed by atoms with Crippen LogP contribution in [0.3, 0.4) is 0 Å². The Morgan fingerprint density at radius 2 is 1.96 bits per heavy atom. The molecule has 2 N–H and O–H groups in total. The third kappa shape index (κ3) is 2.15. The van der Waals surface area contributed by atoms with Crippen LogP contribution in [0.15, 0.2) is 18.2 Å². The van der Waals surface area contributed by atoms with Gasteiger partial charge >= 0.3 is 6.18 Å². The highest BCUT2D eigenvalue weighted by Crippen LogP contribution is 2.61. The van der Waals surface area contributed by atoms with Crippen molar-refractivity contribution < 1.29 is 37.7 Å². The van der Waals surface area contributed by atoms with Crippen molar-refractivity contribution in [2.24, 2.45) is 11.8 Å². The number of ether oxygens (including phenoxy) is 1. The van der Waals surface area contributed by atoms with Gasteiger partial charge in [-0.2, -0.15) is 18.4 Å². The highest BCUT2D eigenvalue weighted by atomic mass is 19.4. The van der Waals surface area contributed by atoms with E-state index in [0.717, 1.165) is 12.1 Å². The van der Waals surface area contributed by atoms with E-state index in [1.165, 1.54) is 13.0 Å². The zero-order valence-corrected chi connectivity index (χ0v) is 14.5. The standard InChI is InChI=1S/C18H15F3N2O5/c1-16-5-11(25)17(7-24,28-16)13-12(16)14(26)23(15(13)27)9-3-2-8(6-22)10(4-9)18(19,20)21/h2-4,11-13,24-25H,5,7H2,1H3/t11-,12+,13?,16+,17?/m0/s1.